The highest BCUT2D eigenvalue weighted by molar-refractivity contribution is 5.76. The Labute approximate surface area is 68.0 Å². The summed E-state index contributed by atoms with van der Waals surface area (Å²) < 4.78 is 0. The molecule has 0 rings (SSSR count). The number of carboxylic acid groups (broad SMARTS) is 1. The number of hydrogen-bond donors (Lipinski definition) is 1. The van der Waals surface area contributed by atoms with E-state index in [1.165, 1.54) is 0 Å². The van der Waals surface area contributed by atoms with Gasteiger partial charge in [-0.1, -0.05) is 0 Å². The summed E-state index contributed by atoms with van der Waals surface area (Å²) in [6, 6.07) is 0. The predicted octanol–water partition coefficient (Wildman–Crippen LogP) is -0.128. The van der Waals surface area contributed by atoms with Crippen LogP contribution in [-0.2, 0) is 24.2 Å². The average Bonchev–Trinajstić information content (AvgIpc) is 1.96. The van der Waals surface area contributed by atoms with Crippen LogP contribution in [-0.4, -0.2) is 23.0 Å². The van der Waals surface area contributed by atoms with Crippen LogP contribution in [0.4, 0.5) is 0 Å². The van der Waals surface area contributed by atoms with E-state index in [-0.39, 0.29) is 12.8 Å². The van der Waals surface area contributed by atoms with Gasteiger partial charge >= 0.3 is 17.9 Å². The van der Waals surface area contributed by atoms with Crippen molar-refractivity contribution in [1.29, 1.82) is 0 Å². The number of carbonyl (C=O) groups is 3. The van der Waals surface area contributed by atoms with Gasteiger partial charge < -0.3 is 5.11 Å². The van der Waals surface area contributed by atoms with Gasteiger partial charge in [0.1, 0.15) is 0 Å². The Kier molecular flexibility index (Phi) is 4.43. The Bertz CT molecular complexity index is 176. The van der Waals surface area contributed by atoms with Crippen molar-refractivity contribution in [3.63, 3.8) is 0 Å². The summed E-state index contributed by atoms with van der Waals surface area (Å²) >= 11 is 0. The molecular weight excluding hydrogens is 168 g/mol. The maximum Gasteiger partial charge on any atom is 0.356 e. The van der Waals surface area contributed by atoms with Gasteiger partial charge in [-0.3, -0.25) is 4.79 Å². The third-order valence-electron chi connectivity index (χ3n) is 0.795. The molecule has 0 atom stereocenters. The van der Waals surface area contributed by atoms with E-state index in [0.29, 0.717) is 0 Å². The van der Waals surface area contributed by atoms with Gasteiger partial charge in [-0.2, -0.15) is 0 Å². The lowest BCUT2D eigenvalue weighted by molar-refractivity contribution is -0.257. The molecule has 0 unspecified atom stereocenters. The Morgan fingerprint density at radius 2 is 1.75 bits per heavy atom. The van der Waals surface area contributed by atoms with Crippen LogP contribution in [0.5, 0.6) is 0 Å². The third-order valence-corrected chi connectivity index (χ3v) is 0.795. The summed E-state index contributed by atoms with van der Waals surface area (Å²) in [5.74, 6) is -2.76. The maximum absolute atomic E-state index is 10.5. The lowest BCUT2D eigenvalue weighted by atomic mass is 10.3. The molecule has 0 heterocycles. The van der Waals surface area contributed by atoms with Gasteiger partial charge in [0.15, 0.2) is 0 Å². The Balaban J connectivity index is 3.47. The van der Waals surface area contributed by atoms with Gasteiger partial charge in [-0.15, -0.1) is 0 Å². The highest BCUT2D eigenvalue weighted by atomic mass is 17.2. The minimum Gasteiger partial charge on any atom is -0.481 e. The molecule has 0 aromatic carbocycles. The van der Waals surface area contributed by atoms with Crippen LogP contribution in [0.1, 0.15) is 19.8 Å². The van der Waals surface area contributed by atoms with Crippen LogP contribution in [0.2, 0.25) is 0 Å². The molecule has 68 valence electrons. The van der Waals surface area contributed by atoms with Gasteiger partial charge in [0, 0.05) is 6.92 Å². The molecule has 6 nitrogen and oxygen atoms in total. The van der Waals surface area contributed by atoms with Crippen molar-refractivity contribution in [3.05, 3.63) is 0 Å². The average molecular weight is 176 g/mol. The van der Waals surface area contributed by atoms with E-state index in [2.05, 4.69) is 9.78 Å². The number of carbonyl (C=O) groups excluding carboxylic acids is 2. The topological polar surface area (TPSA) is 89.9 Å². The Morgan fingerprint density at radius 1 is 1.17 bits per heavy atom. The van der Waals surface area contributed by atoms with Gasteiger partial charge in [0.05, 0.1) is 12.8 Å². The summed E-state index contributed by atoms with van der Waals surface area (Å²) in [6.45, 7) is 1.06. The quantitative estimate of drug-likeness (QED) is 0.476. The second-order valence-electron chi connectivity index (χ2n) is 1.92. The Hall–Kier alpha value is -1.59. The van der Waals surface area contributed by atoms with Crippen LogP contribution < -0.4 is 0 Å². The van der Waals surface area contributed by atoms with E-state index >= 15 is 0 Å². The van der Waals surface area contributed by atoms with Crippen molar-refractivity contribution in [2.45, 2.75) is 19.8 Å². The normalized spacial score (nSPS) is 8.75. The van der Waals surface area contributed by atoms with E-state index in [0.717, 1.165) is 6.92 Å². The van der Waals surface area contributed by atoms with Crippen LogP contribution in [0.15, 0.2) is 0 Å². The monoisotopic (exact) mass is 176 g/mol. The summed E-state index contributed by atoms with van der Waals surface area (Å²) in [4.78, 5) is 38.2. The minimum atomic E-state index is -1.12. The Morgan fingerprint density at radius 3 is 2.17 bits per heavy atom. The molecule has 0 saturated heterocycles. The molecule has 0 aliphatic rings. The van der Waals surface area contributed by atoms with E-state index in [1.807, 2.05) is 0 Å². The summed E-state index contributed by atoms with van der Waals surface area (Å²) in [5.41, 5.74) is 0. The molecule has 0 aromatic rings. The van der Waals surface area contributed by atoms with Crippen molar-refractivity contribution in [3.8, 4) is 0 Å². The summed E-state index contributed by atoms with van der Waals surface area (Å²) in [6.07, 6.45) is -0.664. The smallest absolute Gasteiger partial charge is 0.356 e. The highest BCUT2D eigenvalue weighted by Gasteiger charge is 2.08. The third kappa shape index (κ3) is 6.53. The zero-order chi connectivity index (χ0) is 9.56. The SMILES string of the molecule is CC(=O)OOC(=O)CCC(=O)O. The molecule has 0 aromatic heterocycles. The zero-order valence-corrected chi connectivity index (χ0v) is 6.40. The van der Waals surface area contributed by atoms with Crippen molar-refractivity contribution < 1.29 is 29.3 Å². The first-order valence-electron chi connectivity index (χ1n) is 3.12. The number of carboxylic acids is 1. The molecule has 0 aliphatic carbocycles. The molecule has 0 radical (unpaired) electrons. The van der Waals surface area contributed by atoms with Crippen molar-refractivity contribution in [1.82, 2.24) is 0 Å². The van der Waals surface area contributed by atoms with Crippen molar-refractivity contribution >= 4 is 17.9 Å². The lowest BCUT2D eigenvalue weighted by Crippen LogP contribution is -2.10. The van der Waals surface area contributed by atoms with Gasteiger partial charge in [-0.05, 0) is 0 Å². The minimum absolute atomic E-state index is 0.317. The molecule has 6 heteroatoms. The number of hydrogen-bond acceptors (Lipinski definition) is 5. The molecule has 0 aliphatic heterocycles. The fraction of sp³-hybridized carbons (Fsp3) is 0.500. The summed E-state index contributed by atoms with van der Waals surface area (Å²) in [7, 11) is 0. The standard InChI is InChI=1S/C6H8O6/c1-4(7)11-12-6(10)3-2-5(8)9/h2-3H2,1H3,(H,8,9). The molecule has 0 amide bonds. The number of rotatable bonds is 3. The largest absolute Gasteiger partial charge is 0.481 e. The van der Waals surface area contributed by atoms with E-state index in [1.54, 1.807) is 0 Å². The van der Waals surface area contributed by atoms with E-state index in [9.17, 15) is 14.4 Å². The van der Waals surface area contributed by atoms with Gasteiger partial charge in [-0.25, -0.2) is 19.4 Å². The lowest BCUT2D eigenvalue weighted by Gasteiger charge is -1.98. The van der Waals surface area contributed by atoms with Gasteiger partial charge in [0.2, 0.25) is 0 Å². The fourth-order valence-corrected chi connectivity index (χ4v) is 0.356. The maximum atomic E-state index is 10.5. The van der Waals surface area contributed by atoms with Crippen LogP contribution in [0, 0.1) is 0 Å². The molecule has 0 bridgehead atoms. The zero-order valence-electron chi connectivity index (χ0n) is 6.40. The van der Waals surface area contributed by atoms with Gasteiger partial charge in [0.25, 0.3) is 0 Å². The van der Waals surface area contributed by atoms with E-state index < -0.39 is 17.9 Å². The van der Waals surface area contributed by atoms with Crippen LogP contribution >= 0.6 is 0 Å². The van der Waals surface area contributed by atoms with Crippen LogP contribution in [0.25, 0.3) is 0 Å². The fourth-order valence-electron chi connectivity index (χ4n) is 0.356. The summed E-state index contributed by atoms with van der Waals surface area (Å²) in [5, 5.41) is 8.12. The van der Waals surface area contributed by atoms with Crippen molar-refractivity contribution in [2.24, 2.45) is 0 Å². The van der Waals surface area contributed by atoms with E-state index in [4.69, 9.17) is 5.11 Å². The molecular formula is C6H8O6. The second kappa shape index (κ2) is 5.11. The first kappa shape index (κ1) is 10.4. The molecule has 0 spiro atoms. The number of aliphatic carboxylic acids is 1. The second-order valence-corrected chi connectivity index (χ2v) is 1.92. The first-order chi connectivity index (χ1) is 5.52. The molecule has 1 N–H and O–H groups in total. The predicted molar refractivity (Wildman–Crippen MR) is 34.7 cm³/mol. The highest BCUT2D eigenvalue weighted by Crippen LogP contribution is 1.93. The van der Waals surface area contributed by atoms with Crippen molar-refractivity contribution in [2.75, 3.05) is 0 Å². The first-order valence-corrected chi connectivity index (χ1v) is 3.12. The molecule has 0 fully saturated rings. The molecule has 12 heavy (non-hydrogen) atoms. The van der Waals surface area contributed by atoms with Crippen LogP contribution in [0.3, 0.4) is 0 Å². The molecule has 0 saturated carbocycles.